The number of carbonyl (C=O) groups excluding carboxylic acids is 1. The van der Waals surface area contributed by atoms with Crippen LogP contribution in [0.15, 0.2) is 33.0 Å². The summed E-state index contributed by atoms with van der Waals surface area (Å²) in [6.45, 7) is 0. The molecule has 1 rings (SSSR count). The van der Waals surface area contributed by atoms with Crippen LogP contribution < -0.4 is 5.11 Å². The molecule has 2 nitrogen and oxygen atoms in total. The molecule has 0 radical (unpaired) electrons. The second-order valence-corrected chi connectivity index (χ2v) is 6.74. The average molecular weight is 521 g/mol. The van der Waals surface area contributed by atoms with Gasteiger partial charge < -0.3 is 9.90 Å². The third-order valence-corrected chi connectivity index (χ3v) is 4.56. The second kappa shape index (κ2) is 8.03. The molecule has 0 amide bonds. The fourth-order valence-corrected chi connectivity index (χ4v) is 3.11. The SMILES string of the molecule is O=C([O-])C1=C(CCC=CCCC(F)(F)C(F)(F)F)C(I)=CC(F)(F)C1(F)F. The van der Waals surface area contributed by atoms with Gasteiger partial charge in [-0.25, -0.2) is 0 Å². The first-order chi connectivity index (χ1) is 12.0. The van der Waals surface area contributed by atoms with Gasteiger partial charge in [-0.15, -0.1) is 0 Å². The molecule has 154 valence electrons. The fourth-order valence-electron chi connectivity index (χ4n) is 2.18. The molecule has 0 aromatic rings. The van der Waals surface area contributed by atoms with Gasteiger partial charge in [-0.1, -0.05) is 12.2 Å². The zero-order valence-electron chi connectivity index (χ0n) is 13.2. The molecule has 0 unspecified atom stereocenters. The molecular formula is C15H11F9IO2-. The molecule has 1 aliphatic rings. The van der Waals surface area contributed by atoms with Crippen LogP contribution in [-0.4, -0.2) is 29.9 Å². The van der Waals surface area contributed by atoms with E-state index >= 15 is 0 Å². The number of hydrogen-bond donors (Lipinski definition) is 0. The number of allylic oxidation sites excluding steroid dienone is 5. The van der Waals surface area contributed by atoms with Gasteiger partial charge in [0.15, 0.2) is 0 Å². The molecule has 0 saturated heterocycles. The number of halogens is 10. The maximum Gasteiger partial charge on any atom is 0.453 e. The maximum absolute atomic E-state index is 13.7. The maximum atomic E-state index is 13.7. The predicted octanol–water partition coefficient (Wildman–Crippen LogP) is 4.95. The monoisotopic (exact) mass is 521 g/mol. The molecule has 12 heteroatoms. The lowest BCUT2D eigenvalue weighted by Gasteiger charge is -2.33. The van der Waals surface area contributed by atoms with Gasteiger partial charge in [0.2, 0.25) is 0 Å². The van der Waals surface area contributed by atoms with Crippen LogP contribution in [0.3, 0.4) is 0 Å². The zero-order valence-corrected chi connectivity index (χ0v) is 15.3. The summed E-state index contributed by atoms with van der Waals surface area (Å²) in [6, 6.07) is 0. The molecule has 27 heavy (non-hydrogen) atoms. The van der Waals surface area contributed by atoms with E-state index in [1.807, 2.05) is 0 Å². The minimum Gasteiger partial charge on any atom is -0.545 e. The van der Waals surface area contributed by atoms with Gasteiger partial charge >= 0.3 is 23.9 Å². The first-order valence-corrected chi connectivity index (χ1v) is 8.31. The van der Waals surface area contributed by atoms with Gasteiger partial charge in [0.25, 0.3) is 0 Å². The van der Waals surface area contributed by atoms with E-state index in [0.29, 0.717) is 0 Å². The minimum absolute atomic E-state index is 0.0943. The molecule has 0 saturated carbocycles. The summed E-state index contributed by atoms with van der Waals surface area (Å²) in [4.78, 5) is 10.9. The van der Waals surface area contributed by atoms with Crippen molar-refractivity contribution in [3.05, 3.63) is 33.0 Å². The van der Waals surface area contributed by atoms with Gasteiger partial charge in [-0.3, -0.25) is 0 Å². The van der Waals surface area contributed by atoms with E-state index in [0.717, 1.165) is 12.2 Å². The van der Waals surface area contributed by atoms with Gasteiger partial charge in [0.1, 0.15) is 0 Å². The van der Waals surface area contributed by atoms with E-state index in [1.54, 1.807) is 0 Å². The topological polar surface area (TPSA) is 40.1 Å². The number of rotatable bonds is 7. The quantitative estimate of drug-likeness (QED) is 0.271. The van der Waals surface area contributed by atoms with E-state index in [-0.39, 0.29) is 12.5 Å². The Balaban J connectivity index is 2.83. The highest BCUT2D eigenvalue weighted by Gasteiger charge is 2.60. The summed E-state index contributed by atoms with van der Waals surface area (Å²) in [6.07, 6.45) is -6.71. The molecule has 0 bridgehead atoms. The molecule has 0 aliphatic heterocycles. The standard InChI is InChI=1S/C15H12F9IO2/c16-12(17,15(22,23)24)6-4-2-1-3-5-8-9(25)7-13(18,19)14(20,21)10(8)11(26)27/h1-2,7H,3-6H2,(H,26,27)/p-1. The fraction of sp³-hybridized carbons (Fsp3) is 0.533. The minimum atomic E-state index is -5.70. The molecule has 0 aromatic carbocycles. The second-order valence-electron chi connectivity index (χ2n) is 5.58. The Labute approximate surface area is 160 Å². The molecule has 0 aromatic heterocycles. The van der Waals surface area contributed by atoms with Gasteiger partial charge in [0, 0.05) is 16.1 Å². The average Bonchev–Trinajstić information content (AvgIpc) is 2.45. The highest BCUT2D eigenvalue weighted by Crippen LogP contribution is 2.49. The molecule has 0 N–H and O–H groups in total. The van der Waals surface area contributed by atoms with E-state index in [4.69, 9.17) is 0 Å². The lowest BCUT2D eigenvalue weighted by atomic mass is 9.89. The van der Waals surface area contributed by atoms with Crippen molar-refractivity contribution in [1.29, 1.82) is 0 Å². The number of carboxylic acids is 1. The van der Waals surface area contributed by atoms with Crippen LogP contribution >= 0.6 is 22.6 Å². The molecule has 0 heterocycles. The number of carboxylic acid groups (broad SMARTS) is 1. The summed E-state index contributed by atoms with van der Waals surface area (Å²) < 4.78 is 115. The van der Waals surface area contributed by atoms with Crippen LogP contribution in [0.1, 0.15) is 25.7 Å². The summed E-state index contributed by atoms with van der Waals surface area (Å²) in [5.74, 6) is -17.1. The Morgan fingerprint density at radius 1 is 1.07 bits per heavy atom. The normalized spacial score (nSPS) is 20.1. The first kappa shape index (κ1) is 23.8. The third kappa shape index (κ3) is 5.19. The molecule has 1 aliphatic carbocycles. The molecular weight excluding hydrogens is 510 g/mol. The molecule has 0 fully saturated rings. The largest absolute Gasteiger partial charge is 0.545 e. The van der Waals surface area contributed by atoms with E-state index in [9.17, 15) is 49.4 Å². The van der Waals surface area contributed by atoms with Crippen LogP contribution in [-0.2, 0) is 4.79 Å². The number of hydrogen-bond acceptors (Lipinski definition) is 2. The van der Waals surface area contributed by atoms with Crippen LogP contribution in [0.4, 0.5) is 39.5 Å². The molecule has 0 spiro atoms. The number of aliphatic carboxylic acids is 1. The van der Waals surface area contributed by atoms with E-state index < -0.39 is 63.9 Å². The van der Waals surface area contributed by atoms with Crippen molar-refractivity contribution in [2.24, 2.45) is 0 Å². The van der Waals surface area contributed by atoms with Crippen LogP contribution in [0.5, 0.6) is 0 Å². The highest BCUT2D eigenvalue weighted by atomic mass is 127. The lowest BCUT2D eigenvalue weighted by molar-refractivity contribution is -0.304. The van der Waals surface area contributed by atoms with Gasteiger partial charge in [0.05, 0.1) is 11.5 Å². The Morgan fingerprint density at radius 2 is 1.59 bits per heavy atom. The van der Waals surface area contributed by atoms with Gasteiger partial charge in [-0.2, -0.15) is 39.5 Å². The smallest absolute Gasteiger partial charge is 0.453 e. The Hall–Kier alpha value is -1.21. The molecule has 0 atom stereocenters. The summed E-state index contributed by atoms with van der Waals surface area (Å²) >= 11 is 1.25. The van der Waals surface area contributed by atoms with E-state index in [2.05, 4.69) is 0 Å². The van der Waals surface area contributed by atoms with Crippen molar-refractivity contribution in [2.75, 3.05) is 0 Å². The van der Waals surface area contributed by atoms with E-state index in [1.165, 1.54) is 22.6 Å². The zero-order chi connectivity index (χ0) is 21.3. The van der Waals surface area contributed by atoms with Crippen LogP contribution in [0.2, 0.25) is 0 Å². The van der Waals surface area contributed by atoms with Crippen LogP contribution in [0, 0.1) is 0 Å². The van der Waals surface area contributed by atoms with Crippen molar-refractivity contribution in [1.82, 2.24) is 0 Å². The first-order valence-electron chi connectivity index (χ1n) is 7.23. The Morgan fingerprint density at radius 3 is 2.07 bits per heavy atom. The van der Waals surface area contributed by atoms with Crippen LogP contribution in [0.25, 0.3) is 0 Å². The lowest BCUT2D eigenvalue weighted by Crippen LogP contribution is -2.49. The summed E-state index contributed by atoms with van der Waals surface area (Å²) in [5.41, 5.74) is -2.49. The third-order valence-electron chi connectivity index (χ3n) is 3.60. The highest BCUT2D eigenvalue weighted by molar-refractivity contribution is 14.1. The van der Waals surface area contributed by atoms with Crippen molar-refractivity contribution < 1.29 is 49.4 Å². The predicted molar refractivity (Wildman–Crippen MR) is 82.6 cm³/mol. The Kier molecular flexibility index (Phi) is 7.09. The number of carbonyl (C=O) groups is 1. The van der Waals surface area contributed by atoms with Crippen molar-refractivity contribution in [3.8, 4) is 0 Å². The number of alkyl halides is 9. The van der Waals surface area contributed by atoms with Gasteiger partial charge in [-0.05, 0) is 47.4 Å². The van der Waals surface area contributed by atoms with Crippen molar-refractivity contribution in [2.45, 2.75) is 49.6 Å². The van der Waals surface area contributed by atoms with Crippen molar-refractivity contribution >= 4 is 28.6 Å². The van der Waals surface area contributed by atoms with Crippen molar-refractivity contribution in [3.63, 3.8) is 0 Å². The Bertz CT molecular complexity index is 675. The summed E-state index contributed by atoms with van der Waals surface area (Å²) in [5, 5.41) is 10.9. The summed E-state index contributed by atoms with van der Waals surface area (Å²) in [7, 11) is 0.